The molecule has 0 radical (unpaired) electrons. The molecule has 0 unspecified atom stereocenters. The highest BCUT2D eigenvalue weighted by atomic mass is 35.5. The average molecular weight is 585 g/mol. The Bertz CT molecular complexity index is 1140. The first-order valence-electron chi connectivity index (χ1n) is 14.1. The number of nitrogens with one attached hydrogen (secondary N) is 1. The van der Waals surface area contributed by atoms with E-state index in [0.29, 0.717) is 29.3 Å². The monoisotopic (exact) mass is 584 g/mol. The number of halogens is 1. The van der Waals surface area contributed by atoms with Crippen LogP contribution in [-0.2, 0) is 6.42 Å². The molecule has 0 saturated heterocycles. The summed E-state index contributed by atoms with van der Waals surface area (Å²) in [5.41, 5.74) is 10.5. The Kier molecular flexibility index (Phi) is 19.6. The predicted molar refractivity (Wildman–Crippen MR) is 176 cm³/mol. The van der Waals surface area contributed by atoms with Crippen LogP contribution in [0, 0.1) is 0 Å². The zero-order valence-corrected chi connectivity index (χ0v) is 26.7. The zero-order valence-electron chi connectivity index (χ0n) is 25.9. The maximum atomic E-state index is 12.8. The van der Waals surface area contributed by atoms with Crippen molar-refractivity contribution in [2.75, 3.05) is 20.2 Å². The van der Waals surface area contributed by atoms with Gasteiger partial charge in [0.15, 0.2) is 0 Å². The van der Waals surface area contributed by atoms with Gasteiger partial charge < -0.3 is 25.8 Å². The number of rotatable bonds is 10. The second-order valence-electron chi connectivity index (χ2n) is 8.82. The van der Waals surface area contributed by atoms with Crippen molar-refractivity contribution < 1.29 is 14.6 Å². The van der Waals surface area contributed by atoms with Crippen LogP contribution in [0.25, 0.3) is 5.70 Å². The maximum absolute atomic E-state index is 12.8. The van der Waals surface area contributed by atoms with Crippen molar-refractivity contribution in [3.05, 3.63) is 94.3 Å². The molecule has 1 aliphatic rings. The Morgan fingerprint density at radius 3 is 2.27 bits per heavy atom. The van der Waals surface area contributed by atoms with Gasteiger partial charge in [0.05, 0.1) is 16.8 Å². The van der Waals surface area contributed by atoms with E-state index in [4.69, 9.17) is 27.2 Å². The van der Waals surface area contributed by atoms with Crippen molar-refractivity contribution in [2.24, 2.45) is 10.7 Å². The standard InChI is InChI=1S/C28H33ClN4O2.2C2H6.CH4O/c1-19(2)35-27-12-11-23(15-25(27)29)28(34)32-24(16-30)14-21-7-9-22(10-8-21)26(31-4)18-33-13-5-6-20(3)17-33;3*1-2/h5-13,15,18-19,24H,4,14,16-17,30H2,1-3H3,(H,32,34);2*1-2H3;2H,1H3/b26-18-;;;/t24-;;;/m0.../s1. The molecule has 1 amide bonds. The third-order valence-corrected chi connectivity index (χ3v) is 5.75. The van der Waals surface area contributed by atoms with Crippen LogP contribution in [-0.4, -0.2) is 55.0 Å². The van der Waals surface area contributed by atoms with Crippen molar-refractivity contribution in [1.82, 2.24) is 10.2 Å². The SMILES string of the molecule is C=N/C(=C\N1C=CC=C(C)C1)c1ccc(C[C@@H](CN)NC(=O)c2ccc(OC(C)C)c(Cl)c2)cc1.CC.CC.CO. The van der Waals surface area contributed by atoms with E-state index < -0.39 is 0 Å². The zero-order chi connectivity index (χ0) is 31.4. The van der Waals surface area contributed by atoms with E-state index in [2.05, 4.69) is 34.9 Å². The van der Waals surface area contributed by atoms with Crippen LogP contribution in [0.3, 0.4) is 0 Å². The van der Waals surface area contributed by atoms with Gasteiger partial charge in [-0.25, -0.2) is 0 Å². The number of amides is 1. The summed E-state index contributed by atoms with van der Waals surface area (Å²) in [6.07, 6.45) is 8.71. The number of nitrogens with zero attached hydrogens (tertiary/aromatic N) is 2. The number of hydrogen-bond donors (Lipinski definition) is 3. The first-order valence-corrected chi connectivity index (χ1v) is 14.5. The number of benzene rings is 2. The third kappa shape index (κ3) is 13.2. The number of aliphatic imine (C=N–C) groups is 1. The van der Waals surface area contributed by atoms with Gasteiger partial charge in [-0.15, -0.1) is 0 Å². The van der Waals surface area contributed by atoms with Gasteiger partial charge in [0.1, 0.15) is 5.75 Å². The first kappa shape index (κ1) is 37.6. The molecule has 41 heavy (non-hydrogen) atoms. The molecular weight excluding hydrogens is 536 g/mol. The Labute approximate surface area is 252 Å². The van der Waals surface area contributed by atoms with Gasteiger partial charge >= 0.3 is 0 Å². The Morgan fingerprint density at radius 2 is 1.76 bits per heavy atom. The summed E-state index contributed by atoms with van der Waals surface area (Å²) in [7, 11) is 1.00. The van der Waals surface area contributed by atoms with Gasteiger partial charge in [-0.1, -0.05) is 75.2 Å². The lowest BCUT2D eigenvalue weighted by molar-refractivity contribution is 0.0938. The molecule has 0 bridgehead atoms. The molecule has 7 nitrogen and oxygen atoms in total. The lowest BCUT2D eigenvalue weighted by Crippen LogP contribution is -2.41. The fourth-order valence-electron chi connectivity index (χ4n) is 3.71. The summed E-state index contributed by atoms with van der Waals surface area (Å²) < 4.78 is 5.64. The molecule has 8 heteroatoms. The molecule has 0 saturated carbocycles. The van der Waals surface area contributed by atoms with Crippen LogP contribution in [0.4, 0.5) is 0 Å². The van der Waals surface area contributed by atoms with Crippen LogP contribution in [0.1, 0.15) is 70.0 Å². The Morgan fingerprint density at radius 1 is 1.15 bits per heavy atom. The number of allylic oxidation sites excluding steroid dienone is 2. The second-order valence-corrected chi connectivity index (χ2v) is 9.23. The van der Waals surface area contributed by atoms with Crippen molar-refractivity contribution in [2.45, 2.75) is 67.0 Å². The second kappa shape index (κ2) is 21.4. The molecule has 226 valence electrons. The van der Waals surface area contributed by atoms with Crippen molar-refractivity contribution in [1.29, 1.82) is 0 Å². The topological polar surface area (TPSA) is 100 Å². The largest absolute Gasteiger partial charge is 0.489 e. The normalized spacial score (nSPS) is 12.8. The highest BCUT2D eigenvalue weighted by molar-refractivity contribution is 6.32. The molecule has 2 aromatic rings. The van der Waals surface area contributed by atoms with Gasteiger partial charge in [0.25, 0.3) is 5.91 Å². The third-order valence-electron chi connectivity index (χ3n) is 5.46. The van der Waals surface area contributed by atoms with Gasteiger partial charge in [0.2, 0.25) is 0 Å². The van der Waals surface area contributed by atoms with Crippen LogP contribution in [0.15, 0.2) is 77.6 Å². The molecule has 1 heterocycles. The minimum Gasteiger partial charge on any atom is -0.489 e. The average Bonchev–Trinajstić information content (AvgIpc) is 3.00. The molecule has 2 aromatic carbocycles. The molecule has 0 fully saturated rings. The summed E-state index contributed by atoms with van der Waals surface area (Å²) in [6.45, 7) is 18.8. The number of aliphatic hydroxyl groups is 1. The van der Waals surface area contributed by atoms with Crippen LogP contribution >= 0.6 is 11.6 Å². The summed E-state index contributed by atoms with van der Waals surface area (Å²) in [6, 6.07) is 12.9. The van der Waals surface area contributed by atoms with Gasteiger partial charge in [-0.3, -0.25) is 9.79 Å². The smallest absolute Gasteiger partial charge is 0.251 e. The lowest BCUT2D eigenvalue weighted by Gasteiger charge is -2.20. The van der Waals surface area contributed by atoms with E-state index in [1.807, 2.05) is 84.3 Å². The number of aliphatic hydroxyl groups excluding tert-OH is 1. The predicted octanol–water partition coefficient (Wildman–Crippen LogP) is 6.86. The quantitative estimate of drug-likeness (QED) is 0.265. The van der Waals surface area contributed by atoms with E-state index in [9.17, 15) is 4.79 Å². The van der Waals surface area contributed by atoms with Crippen molar-refractivity contribution in [3.63, 3.8) is 0 Å². The van der Waals surface area contributed by atoms with Gasteiger partial charge in [-0.2, -0.15) is 0 Å². The van der Waals surface area contributed by atoms with E-state index in [-0.39, 0.29) is 18.1 Å². The summed E-state index contributed by atoms with van der Waals surface area (Å²) in [5, 5.41) is 10.4. The molecule has 0 aliphatic carbocycles. The maximum Gasteiger partial charge on any atom is 0.251 e. The molecule has 0 spiro atoms. The molecule has 3 rings (SSSR count). The van der Waals surface area contributed by atoms with Crippen LogP contribution in [0.2, 0.25) is 5.02 Å². The molecule has 1 aliphatic heterocycles. The van der Waals surface area contributed by atoms with E-state index in [0.717, 1.165) is 30.5 Å². The van der Waals surface area contributed by atoms with Gasteiger partial charge in [0, 0.05) is 49.8 Å². The lowest BCUT2D eigenvalue weighted by atomic mass is 10.0. The Balaban J connectivity index is 0.00000250. The van der Waals surface area contributed by atoms with Crippen molar-refractivity contribution in [3.8, 4) is 5.75 Å². The summed E-state index contributed by atoms with van der Waals surface area (Å²) >= 11 is 6.28. The minimum atomic E-state index is -0.227. The number of nitrogens with two attached hydrogens (primary N) is 1. The van der Waals surface area contributed by atoms with Crippen molar-refractivity contribution >= 4 is 29.9 Å². The number of carbonyl (C=O) groups excluding carboxylic acids is 1. The summed E-state index contributed by atoms with van der Waals surface area (Å²) in [5.74, 6) is 0.328. The highest BCUT2D eigenvalue weighted by Crippen LogP contribution is 2.26. The highest BCUT2D eigenvalue weighted by Gasteiger charge is 2.15. The van der Waals surface area contributed by atoms with E-state index in [1.165, 1.54) is 5.57 Å². The van der Waals surface area contributed by atoms with Gasteiger partial charge in [-0.05, 0) is 63.7 Å². The first-order chi connectivity index (χ1) is 19.8. The number of carbonyl (C=O) groups is 1. The number of hydrogen-bond acceptors (Lipinski definition) is 6. The molecular formula is C33H49ClN4O3. The molecule has 0 aromatic heterocycles. The summed E-state index contributed by atoms with van der Waals surface area (Å²) in [4.78, 5) is 19.1. The fourth-order valence-corrected chi connectivity index (χ4v) is 3.94. The van der Waals surface area contributed by atoms with E-state index in [1.54, 1.807) is 18.2 Å². The molecule has 1 atom stereocenters. The van der Waals surface area contributed by atoms with E-state index >= 15 is 0 Å². The Hall–Kier alpha value is -3.39. The number of ether oxygens (including phenoxy) is 1. The molecule has 4 N–H and O–H groups in total. The van der Waals surface area contributed by atoms with Crippen LogP contribution in [0.5, 0.6) is 5.75 Å². The minimum absolute atomic E-state index is 0.00280. The van der Waals surface area contributed by atoms with Crippen LogP contribution < -0.4 is 15.8 Å². The fraction of sp³-hybridized carbons (Fsp3) is 0.394.